The number of rotatable bonds is 3. The average molecular weight is 201 g/mol. The van der Waals surface area contributed by atoms with Crippen molar-refractivity contribution in [2.45, 2.75) is 20.4 Å². The molecule has 0 saturated carbocycles. The Kier molecular flexibility index (Phi) is 3.51. The molecule has 0 radical (unpaired) electrons. The number of nitrogens with zero attached hydrogens (tertiary/aromatic N) is 1. The number of hydrogen-bond acceptors (Lipinski definition) is 3. The van der Waals surface area contributed by atoms with Gasteiger partial charge in [-0.3, -0.25) is 0 Å². The third-order valence-electron chi connectivity index (χ3n) is 1.76. The van der Waals surface area contributed by atoms with Crippen LogP contribution in [0.3, 0.4) is 0 Å². The first-order chi connectivity index (χ1) is 6.19. The normalized spacial score (nSPS) is 10.2. The van der Waals surface area contributed by atoms with Crippen molar-refractivity contribution in [3.8, 4) is 5.75 Å². The minimum Gasteiger partial charge on any atom is -0.491 e. The zero-order valence-corrected chi connectivity index (χ0v) is 8.56. The van der Waals surface area contributed by atoms with Crippen molar-refractivity contribution in [2.24, 2.45) is 5.73 Å². The van der Waals surface area contributed by atoms with Gasteiger partial charge in [0, 0.05) is 12.2 Å². The summed E-state index contributed by atoms with van der Waals surface area (Å²) in [6, 6.07) is 1.84. The largest absolute Gasteiger partial charge is 0.491 e. The van der Waals surface area contributed by atoms with Crippen LogP contribution in [0.2, 0.25) is 5.15 Å². The number of nitrogens with two attached hydrogens (primary N) is 1. The molecule has 0 spiro atoms. The highest BCUT2D eigenvalue weighted by Gasteiger charge is 2.06. The molecule has 1 heterocycles. The second kappa shape index (κ2) is 4.44. The molecule has 0 aliphatic carbocycles. The Morgan fingerprint density at radius 2 is 2.31 bits per heavy atom. The summed E-state index contributed by atoms with van der Waals surface area (Å²) in [5.74, 6) is 0.607. The number of aryl methyl sites for hydroxylation is 1. The lowest BCUT2D eigenvalue weighted by atomic mass is 10.2. The van der Waals surface area contributed by atoms with E-state index in [0.717, 1.165) is 11.3 Å². The smallest absolute Gasteiger partial charge is 0.171 e. The van der Waals surface area contributed by atoms with Crippen LogP contribution in [-0.2, 0) is 6.54 Å². The summed E-state index contributed by atoms with van der Waals surface area (Å²) < 4.78 is 5.28. The second-order valence-electron chi connectivity index (χ2n) is 2.66. The molecule has 1 aromatic rings. The summed E-state index contributed by atoms with van der Waals surface area (Å²) in [6.07, 6.45) is 0. The van der Waals surface area contributed by atoms with Gasteiger partial charge in [-0.1, -0.05) is 11.6 Å². The Morgan fingerprint density at radius 3 is 2.85 bits per heavy atom. The summed E-state index contributed by atoms with van der Waals surface area (Å²) in [4.78, 5) is 4.12. The molecule has 3 nitrogen and oxygen atoms in total. The predicted octanol–water partition coefficient (Wildman–Crippen LogP) is 1.90. The van der Waals surface area contributed by atoms with E-state index in [2.05, 4.69) is 4.98 Å². The molecule has 13 heavy (non-hydrogen) atoms. The van der Waals surface area contributed by atoms with Gasteiger partial charge in [0.1, 0.15) is 0 Å². The van der Waals surface area contributed by atoms with E-state index < -0.39 is 0 Å². The van der Waals surface area contributed by atoms with E-state index in [1.54, 1.807) is 0 Å². The first-order valence-corrected chi connectivity index (χ1v) is 4.55. The molecule has 2 N–H and O–H groups in total. The van der Waals surface area contributed by atoms with Gasteiger partial charge in [-0.15, -0.1) is 0 Å². The van der Waals surface area contributed by atoms with Crippen LogP contribution in [-0.4, -0.2) is 11.6 Å². The summed E-state index contributed by atoms with van der Waals surface area (Å²) in [5, 5.41) is 0.400. The Bertz CT molecular complexity index is 302. The first-order valence-electron chi connectivity index (χ1n) is 4.18. The quantitative estimate of drug-likeness (QED) is 0.759. The Balaban J connectivity index is 3.06. The molecule has 72 valence electrons. The van der Waals surface area contributed by atoms with E-state index in [-0.39, 0.29) is 0 Å². The second-order valence-corrected chi connectivity index (χ2v) is 3.02. The molecule has 4 heteroatoms. The highest BCUT2D eigenvalue weighted by molar-refractivity contribution is 6.30. The fraction of sp³-hybridized carbons (Fsp3) is 0.444. The molecule has 0 bridgehead atoms. The van der Waals surface area contributed by atoms with Crippen molar-refractivity contribution < 1.29 is 4.74 Å². The predicted molar refractivity (Wildman–Crippen MR) is 53.0 cm³/mol. The van der Waals surface area contributed by atoms with E-state index in [1.165, 1.54) is 0 Å². The highest BCUT2D eigenvalue weighted by atomic mass is 35.5. The lowest BCUT2D eigenvalue weighted by Crippen LogP contribution is -2.03. The van der Waals surface area contributed by atoms with E-state index in [9.17, 15) is 0 Å². The van der Waals surface area contributed by atoms with Gasteiger partial charge in [-0.25, -0.2) is 4.98 Å². The molecule has 0 aliphatic rings. The topological polar surface area (TPSA) is 48.1 Å². The molecule has 0 unspecified atom stereocenters. The van der Waals surface area contributed by atoms with Crippen LogP contribution in [0.1, 0.15) is 18.2 Å². The van der Waals surface area contributed by atoms with Gasteiger partial charge >= 0.3 is 0 Å². The highest BCUT2D eigenvalue weighted by Crippen LogP contribution is 2.24. The van der Waals surface area contributed by atoms with Crippen LogP contribution in [0.25, 0.3) is 0 Å². The number of hydrogen-bond donors (Lipinski definition) is 1. The number of pyridine rings is 1. The van der Waals surface area contributed by atoms with Crippen LogP contribution < -0.4 is 10.5 Å². The minimum absolute atomic E-state index is 0.400. The van der Waals surface area contributed by atoms with Gasteiger partial charge in [-0.2, -0.15) is 0 Å². The molecule has 0 amide bonds. The molecule has 0 atom stereocenters. The lowest BCUT2D eigenvalue weighted by Gasteiger charge is -2.08. The summed E-state index contributed by atoms with van der Waals surface area (Å²) >= 11 is 5.86. The van der Waals surface area contributed by atoms with Crippen molar-refractivity contribution >= 4 is 11.6 Å². The molecule has 0 aromatic carbocycles. The van der Waals surface area contributed by atoms with Crippen molar-refractivity contribution in [2.75, 3.05) is 6.61 Å². The summed E-state index contributed by atoms with van der Waals surface area (Å²) in [7, 11) is 0. The molecular formula is C9H13ClN2O. The van der Waals surface area contributed by atoms with Crippen LogP contribution >= 0.6 is 11.6 Å². The van der Waals surface area contributed by atoms with Crippen molar-refractivity contribution in [1.82, 2.24) is 4.98 Å². The van der Waals surface area contributed by atoms with Gasteiger partial charge in [0.05, 0.1) is 6.61 Å². The summed E-state index contributed by atoms with van der Waals surface area (Å²) in [5.41, 5.74) is 7.35. The Morgan fingerprint density at radius 1 is 1.62 bits per heavy atom. The standard InChI is InChI=1S/C9H13ClN2O/c1-3-13-8-4-7(5-11)6(2)12-9(8)10/h4H,3,5,11H2,1-2H3. The maximum absolute atomic E-state index is 5.86. The number of ether oxygens (including phenoxy) is 1. The van der Waals surface area contributed by atoms with E-state index in [1.807, 2.05) is 19.9 Å². The molecule has 1 aromatic heterocycles. The minimum atomic E-state index is 0.400. The maximum atomic E-state index is 5.86. The molecule has 0 aliphatic heterocycles. The Labute approximate surface area is 82.9 Å². The van der Waals surface area contributed by atoms with Crippen molar-refractivity contribution in [3.05, 3.63) is 22.5 Å². The first kappa shape index (κ1) is 10.3. The van der Waals surface area contributed by atoms with Gasteiger partial charge in [0.25, 0.3) is 0 Å². The molecule has 0 fully saturated rings. The van der Waals surface area contributed by atoms with Crippen LogP contribution in [0.4, 0.5) is 0 Å². The lowest BCUT2D eigenvalue weighted by molar-refractivity contribution is 0.338. The van der Waals surface area contributed by atoms with E-state index in [0.29, 0.717) is 24.1 Å². The maximum Gasteiger partial charge on any atom is 0.171 e. The van der Waals surface area contributed by atoms with Gasteiger partial charge in [0.15, 0.2) is 10.9 Å². The number of aromatic nitrogens is 1. The monoisotopic (exact) mass is 200 g/mol. The number of halogens is 1. The molecule has 1 rings (SSSR count). The fourth-order valence-corrected chi connectivity index (χ4v) is 1.30. The van der Waals surface area contributed by atoms with Gasteiger partial charge < -0.3 is 10.5 Å². The zero-order valence-electron chi connectivity index (χ0n) is 7.80. The van der Waals surface area contributed by atoms with Crippen LogP contribution in [0.5, 0.6) is 5.75 Å². The van der Waals surface area contributed by atoms with E-state index in [4.69, 9.17) is 22.1 Å². The zero-order chi connectivity index (χ0) is 9.84. The van der Waals surface area contributed by atoms with E-state index >= 15 is 0 Å². The van der Waals surface area contributed by atoms with Gasteiger partial charge in [0.2, 0.25) is 0 Å². The Hall–Kier alpha value is -0.800. The summed E-state index contributed by atoms with van der Waals surface area (Å²) in [6.45, 7) is 4.81. The van der Waals surface area contributed by atoms with Crippen molar-refractivity contribution in [1.29, 1.82) is 0 Å². The fourth-order valence-electron chi connectivity index (χ4n) is 1.06. The average Bonchev–Trinajstić information content (AvgIpc) is 2.10. The van der Waals surface area contributed by atoms with Gasteiger partial charge in [-0.05, 0) is 25.5 Å². The molecule has 0 saturated heterocycles. The third-order valence-corrected chi connectivity index (χ3v) is 2.03. The SMILES string of the molecule is CCOc1cc(CN)c(C)nc1Cl. The third kappa shape index (κ3) is 2.32. The van der Waals surface area contributed by atoms with Crippen molar-refractivity contribution in [3.63, 3.8) is 0 Å². The van der Waals surface area contributed by atoms with Crippen LogP contribution in [0.15, 0.2) is 6.07 Å². The molecular weight excluding hydrogens is 188 g/mol. The van der Waals surface area contributed by atoms with Crippen LogP contribution in [0, 0.1) is 6.92 Å².